The van der Waals surface area contributed by atoms with Gasteiger partial charge in [-0.3, -0.25) is 0 Å². The maximum Gasteiger partial charge on any atom is 0.358 e. The van der Waals surface area contributed by atoms with E-state index < -0.39 is 5.97 Å². The second-order valence-electron chi connectivity index (χ2n) is 3.91. The molecule has 1 heterocycles. The van der Waals surface area contributed by atoms with E-state index in [0.29, 0.717) is 16.4 Å². The lowest BCUT2D eigenvalue weighted by molar-refractivity contribution is 0.0596. The number of rotatable bonds is 4. The van der Waals surface area contributed by atoms with E-state index >= 15 is 0 Å². The van der Waals surface area contributed by atoms with Crippen LogP contribution in [0.2, 0.25) is 0 Å². The number of benzene rings is 1. The van der Waals surface area contributed by atoms with Crippen LogP contribution >= 0.6 is 27.3 Å². The van der Waals surface area contributed by atoms with Gasteiger partial charge in [-0.25, -0.2) is 9.78 Å². The van der Waals surface area contributed by atoms with Crippen molar-refractivity contribution in [2.45, 2.75) is 0 Å². The first-order valence-electron chi connectivity index (χ1n) is 5.78. The van der Waals surface area contributed by atoms with Crippen LogP contribution in [0.25, 0.3) is 10.4 Å². The number of aromatic nitrogens is 1. The predicted octanol–water partition coefficient (Wildman–Crippen LogP) is 2.96. The summed E-state index contributed by atoms with van der Waals surface area (Å²) in [5, 5.41) is 0.284. The second kappa shape index (κ2) is 6.31. The third-order valence-corrected chi connectivity index (χ3v) is 4.31. The standard InChI is InChI=1S/C13H13BrN2O4S/c1-18-8-4-6(7(14)5-9(8)19-2)11-10(12(17)20-3)16-13(15)21-11/h4-5H,1-3H3,(H2,15,16). The van der Waals surface area contributed by atoms with Crippen LogP contribution in [0.15, 0.2) is 16.6 Å². The largest absolute Gasteiger partial charge is 0.493 e. The molecule has 0 aliphatic rings. The molecule has 2 aromatic rings. The van der Waals surface area contributed by atoms with Crippen molar-refractivity contribution in [1.82, 2.24) is 4.98 Å². The van der Waals surface area contributed by atoms with E-state index in [9.17, 15) is 4.79 Å². The van der Waals surface area contributed by atoms with E-state index in [2.05, 4.69) is 20.9 Å². The first-order valence-corrected chi connectivity index (χ1v) is 7.39. The van der Waals surface area contributed by atoms with Gasteiger partial charge < -0.3 is 19.9 Å². The summed E-state index contributed by atoms with van der Waals surface area (Å²) < 4.78 is 16.0. The highest BCUT2D eigenvalue weighted by atomic mass is 79.9. The summed E-state index contributed by atoms with van der Waals surface area (Å²) in [6.45, 7) is 0. The fourth-order valence-corrected chi connectivity index (χ4v) is 3.28. The van der Waals surface area contributed by atoms with Gasteiger partial charge in [0.2, 0.25) is 0 Å². The fraction of sp³-hybridized carbons (Fsp3) is 0.231. The molecule has 2 N–H and O–H groups in total. The van der Waals surface area contributed by atoms with Crippen molar-refractivity contribution in [1.29, 1.82) is 0 Å². The minimum Gasteiger partial charge on any atom is -0.493 e. The molecule has 21 heavy (non-hydrogen) atoms. The Kier molecular flexibility index (Phi) is 4.69. The van der Waals surface area contributed by atoms with Gasteiger partial charge in [0.05, 0.1) is 26.2 Å². The van der Waals surface area contributed by atoms with E-state index in [1.165, 1.54) is 25.6 Å². The number of nitrogen functional groups attached to an aromatic ring is 1. The Morgan fingerprint density at radius 1 is 1.24 bits per heavy atom. The van der Waals surface area contributed by atoms with Gasteiger partial charge >= 0.3 is 5.97 Å². The van der Waals surface area contributed by atoms with Crippen LogP contribution in [0.4, 0.5) is 5.13 Å². The number of carbonyl (C=O) groups excluding carboxylic acids is 1. The second-order valence-corrected chi connectivity index (χ2v) is 5.79. The highest BCUT2D eigenvalue weighted by Gasteiger charge is 2.22. The summed E-state index contributed by atoms with van der Waals surface area (Å²) in [6.07, 6.45) is 0. The van der Waals surface area contributed by atoms with Crippen molar-refractivity contribution in [2.24, 2.45) is 0 Å². The predicted molar refractivity (Wildman–Crippen MR) is 84.1 cm³/mol. The topological polar surface area (TPSA) is 83.7 Å². The van der Waals surface area contributed by atoms with Crippen LogP contribution in [0.5, 0.6) is 11.5 Å². The van der Waals surface area contributed by atoms with E-state index in [1.54, 1.807) is 19.2 Å². The smallest absolute Gasteiger partial charge is 0.358 e. The molecule has 0 unspecified atom stereocenters. The molecule has 1 aromatic heterocycles. The van der Waals surface area contributed by atoms with E-state index in [-0.39, 0.29) is 10.8 Å². The normalized spacial score (nSPS) is 10.3. The molecule has 6 nitrogen and oxygen atoms in total. The van der Waals surface area contributed by atoms with E-state index in [0.717, 1.165) is 10.0 Å². The number of esters is 1. The molecule has 0 aliphatic heterocycles. The average molecular weight is 373 g/mol. The van der Waals surface area contributed by atoms with Gasteiger partial charge in [-0.05, 0) is 28.1 Å². The number of methoxy groups -OCH3 is 3. The maximum absolute atomic E-state index is 11.8. The minimum atomic E-state index is -0.542. The lowest BCUT2D eigenvalue weighted by Crippen LogP contribution is -2.04. The molecule has 0 saturated carbocycles. The van der Waals surface area contributed by atoms with Crippen LogP contribution in [-0.4, -0.2) is 32.3 Å². The summed E-state index contributed by atoms with van der Waals surface area (Å²) in [6, 6.07) is 3.51. The Labute approximate surface area is 134 Å². The number of carbonyl (C=O) groups is 1. The van der Waals surface area contributed by atoms with Gasteiger partial charge in [0.25, 0.3) is 0 Å². The third kappa shape index (κ3) is 2.96. The number of hydrogen-bond acceptors (Lipinski definition) is 7. The number of nitrogens with two attached hydrogens (primary N) is 1. The van der Waals surface area contributed by atoms with Crippen molar-refractivity contribution in [3.63, 3.8) is 0 Å². The zero-order valence-electron chi connectivity index (χ0n) is 11.6. The van der Waals surface area contributed by atoms with Crippen molar-refractivity contribution in [2.75, 3.05) is 27.1 Å². The lowest BCUT2D eigenvalue weighted by atomic mass is 10.1. The Morgan fingerprint density at radius 3 is 2.43 bits per heavy atom. The molecule has 0 spiro atoms. The molecule has 0 aliphatic carbocycles. The van der Waals surface area contributed by atoms with Crippen molar-refractivity contribution < 1.29 is 19.0 Å². The van der Waals surface area contributed by atoms with Gasteiger partial charge in [-0.1, -0.05) is 11.3 Å². The van der Waals surface area contributed by atoms with Crippen LogP contribution in [0.1, 0.15) is 10.5 Å². The number of ether oxygens (including phenoxy) is 3. The van der Waals surface area contributed by atoms with Gasteiger partial charge in [-0.2, -0.15) is 0 Å². The van der Waals surface area contributed by atoms with Gasteiger partial charge in [0, 0.05) is 10.0 Å². The SMILES string of the molecule is COC(=O)c1nc(N)sc1-c1cc(OC)c(OC)cc1Br. The van der Waals surface area contributed by atoms with Crippen molar-refractivity contribution in [3.8, 4) is 21.9 Å². The zero-order chi connectivity index (χ0) is 15.6. The average Bonchev–Trinajstić information content (AvgIpc) is 2.87. The Hall–Kier alpha value is -1.80. The van der Waals surface area contributed by atoms with Crippen LogP contribution < -0.4 is 15.2 Å². The highest BCUT2D eigenvalue weighted by Crippen LogP contribution is 2.42. The zero-order valence-corrected chi connectivity index (χ0v) is 14.0. The van der Waals surface area contributed by atoms with Crippen molar-refractivity contribution >= 4 is 38.4 Å². The number of anilines is 1. The molecule has 8 heteroatoms. The van der Waals surface area contributed by atoms with E-state index in [1.807, 2.05) is 0 Å². The van der Waals surface area contributed by atoms with Crippen LogP contribution in [0.3, 0.4) is 0 Å². The minimum absolute atomic E-state index is 0.174. The third-order valence-electron chi connectivity index (χ3n) is 2.74. The van der Waals surface area contributed by atoms with Gasteiger partial charge in [0.1, 0.15) is 0 Å². The summed E-state index contributed by atoms with van der Waals surface area (Å²) in [5.74, 6) is 0.573. The number of hydrogen-bond donors (Lipinski definition) is 1. The quantitative estimate of drug-likeness (QED) is 0.830. The first-order chi connectivity index (χ1) is 10.0. The number of nitrogens with zero attached hydrogens (tertiary/aromatic N) is 1. The number of halogens is 1. The molecule has 0 fully saturated rings. The monoisotopic (exact) mass is 372 g/mol. The first kappa shape index (κ1) is 15.6. The van der Waals surface area contributed by atoms with Crippen molar-refractivity contribution in [3.05, 3.63) is 22.3 Å². The van der Waals surface area contributed by atoms with Crippen LogP contribution in [-0.2, 0) is 4.74 Å². The molecule has 1 aromatic carbocycles. The lowest BCUT2D eigenvalue weighted by Gasteiger charge is -2.11. The summed E-state index contributed by atoms with van der Waals surface area (Å²) in [4.78, 5) is 16.4. The molecule has 0 radical (unpaired) electrons. The Balaban J connectivity index is 2.64. The summed E-state index contributed by atoms with van der Waals surface area (Å²) in [5.41, 5.74) is 6.61. The maximum atomic E-state index is 11.8. The Bertz CT molecular complexity index is 687. The van der Waals surface area contributed by atoms with Gasteiger partial charge in [-0.15, -0.1) is 0 Å². The van der Waals surface area contributed by atoms with E-state index in [4.69, 9.17) is 19.9 Å². The number of thiazole rings is 1. The molecule has 0 amide bonds. The molecule has 2 rings (SSSR count). The molecular weight excluding hydrogens is 360 g/mol. The highest BCUT2D eigenvalue weighted by molar-refractivity contribution is 9.10. The fourth-order valence-electron chi connectivity index (χ4n) is 1.78. The molecule has 0 atom stereocenters. The molecule has 0 bridgehead atoms. The summed E-state index contributed by atoms with van der Waals surface area (Å²) in [7, 11) is 4.39. The molecule has 112 valence electrons. The molecule has 0 saturated heterocycles. The van der Waals surface area contributed by atoms with Crippen LogP contribution in [0, 0.1) is 0 Å². The molecular formula is C13H13BrN2O4S. The summed E-state index contributed by atoms with van der Waals surface area (Å²) >= 11 is 4.65. The van der Waals surface area contributed by atoms with Gasteiger partial charge in [0.15, 0.2) is 22.3 Å². The Morgan fingerprint density at radius 2 is 1.86 bits per heavy atom.